The van der Waals surface area contributed by atoms with Crippen molar-refractivity contribution in [2.75, 3.05) is 0 Å². The third-order valence-corrected chi connectivity index (χ3v) is 7.78. The van der Waals surface area contributed by atoms with Crippen molar-refractivity contribution in [3.8, 4) is 56.4 Å². The first-order chi connectivity index (χ1) is 21.3. The van der Waals surface area contributed by atoms with Crippen LogP contribution in [0.15, 0.2) is 156 Å². The van der Waals surface area contributed by atoms with Crippen molar-refractivity contribution in [3.05, 3.63) is 152 Å². The Morgan fingerprint density at radius 3 is 1.40 bits per heavy atom. The van der Waals surface area contributed by atoms with Crippen molar-refractivity contribution in [1.82, 2.24) is 15.0 Å². The molecule has 0 saturated heterocycles. The zero-order valence-electron chi connectivity index (χ0n) is 23.2. The predicted molar refractivity (Wildman–Crippen MR) is 174 cm³/mol. The molecule has 0 amide bonds. The normalized spacial score (nSPS) is 11.3. The molecule has 0 radical (unpaired) electrons. The first-order valence-corrected chi connectivity index (χ1v) is 14.3. The summed E-state index contributed by atoms with van der Waals surface area (Å²) in [4.78, 5) is 14.7. The Balaban J connectivity index is 1.20. The number of fused-ring (bicyclic) bond motifs is 3. The van der Waals surface area contributed by atoms with E-state index in [-0.39, 0.29) is 0 Å². The topological polar surface area (TPSA) is 51.8 Å². The molecule has 6 aromatic carbocycles. The van der Waals surface area contributed by atoms with Gasteiger partial charge in [-0.25, -0.2) is 15.0 Å². The van der Waals surface area contributed by atoms with Crippen molar-refractivity contribution < 1.29 is 4.42 Å². The van der Waals surface area contributed by atoms with Crippen LogP contribution in [0.1, 0.15) is 0 Å². The lowest BCUT2D eigenvalue weighted by atomic mass is 10.0. The lowest BCUT2D eigenvalue weighted by Gasteiger charge is -2.10. The van der Waals surface area contributed by atoms with Crippen LogP contribution in [0.3, 0.4) is 0 Å². The Morgan fingerprint density at radius 1 is 0.326 bits per heavy atom. The third kappa shape index (κ3) is 4.65. The summed E-state index contributed by atoms with van der Waals surface area (Å²) >= 11 is 0. The van der Waals surface area contributed by atoms with E-state index in [0.29, 0.717) is 17.5 Å². The molecule has 0 saturated carbocycles. The van der Waals surface area contributed by atoms with E-state index in [4.69, 9.17) is 19.4 Å². The SMILES string of the molecule is c1ccc(-c2ccc(-c3nc(-c4ccccc4)nc(-c4ccc(-c5cccc6c5oc5ccccc56)cc4)n3)cc2)cc1. The highest BCUT2D eigenvalue weighted by Gasteiger charge is 2.15. The molecule has 2 aromatic heterocycles. The fraction of sp³-hybridized carbons (Fsp3) is 0. The van der Waals surface area contributed by atoms with Gasteiger partial charge >= 0.3 is 0 Å². The molecule has 4 heteroatoms. The van der Waals surface area contributed by atoms with Gasteiger partial charge in [-0.1, -0.05) is 146 Å². The van der Waals surface area contributed by atoms with Crippen LogP contribution < -0.4 is 0 Å². The van der Waals surface area contributed by atoms with Crippen molar-refractivity contribution >= 4 is 21.9 Å². The van der Waals surface area contributed by atoms with Gasteiger partial charge in [0.15, 0.2) is 17.5 Å². The molecular weight excluding hydrogens is 526 g/mol. The molecule has 8 rings (SSSR count). The molecule has 0 atom stereocenters. The van der Waals surface area contributed by atoms with E-state index in [9.17, 15) is 0 Å². The molecule has 8 aromatic rings. The number of hydrogen-bond donors (Lipinski definition) is 0. The van der Waals surface area contributed by atoms with Crippen molar-refractivity contribution in [3.63, 3.8) is 0 Å². The fourth-order valence-electron chi connectivity index (χ4n) is 5.57. The molecule has 0 N–H and O–H groups in total. The summed E-state index contributed by atoms with van der Waals surface area (Å²) in [5.41, 5.74) is 9.04. The average molecular weight is 552 g/mol. The van der Waals surface area contributed by atoms with Crippen LogP contribution >= 0.6 is 0 Å². The monoisotopic (exact) mass is 551 g/mol. The summed E-state index contributed by atoms with van der Waals surface area (Å²) in [6.45, 7) is 0. The Hall–Kier alpha value is -5.87. The Bertz CT molecular complexity index is 2200. The van der Waals surface area contributed by atoms with Gasteiger partial charge in [0, 0.05) is 33.0 Å². The molecule has 0 fully saturated rings. The van der Waals surface area contributed by atoms with Gasteiger partial charge in [-0.3, -0.25) is 0 Å². The number of hydrogen-bond acceptors (Lipinski definition) is 4. The van der Waals surface area contributed by atoms with E-state index < -0.39 is 0 Å². The molecule has 0 aliphatic rings. The van der Waals surface area contributed by atoms with Gasteiger partial charge in [0.25, 0.3) is 0 Å². The van der Waals surface area contributed by atoms with E-state index >= 15 is 0 Å². The maximum absolute atomic E-state index is 6.29. The van der Waals surface area contributed by atoms with Gasteiger partial charge in [0.05, 0.1) is 0 Å². The summed E-state index contributed by atoms with van der Waals surface area (Å²) in [5.74, 6) is 1.91. The largest absolute Gasteiger partial charge is 0.455 e. The second kappa shape index (κ2) is 10.5. The van der Waals surface area contributed by atoms with Crippen LogP contribution in [0.25, 0.3) is 78.4 Å². The van der Waals surface area contributed by atoms with Gasteiger partial charge < -0.3 is 4.42 Å². The number of nitrogens with zero attached hydrogens (tertiary/aromatic N) is 3. The maximum atomic E-state index is 6.29. The summed E-state index contributed by atoms with van der Waals surface area (Å²) in [5, 5.41) is 2.24. The first kappa shape index (κ1) is 24.9. The van der Waals surface area contributed by atoms with E-state index in [1.165, 1.54) is 5.56 Å². The predicted octanol–water partition coefficient (Wildman–Crippen LogP) is 10.1. The average Bonchev–Trinajstić information content (AvgIpc) is 3.48. The number of aromatic nitrogens is 3. The Labute approximate surface area is 249 Å². The smallest absolute Gasteiger partial charge is 0.164 e. The number of benzene rings is 6. The standard InChI is InChI=1S/C39H25N3O/c1-3-10-26(11-4-1)27-18-22-30(23-19-27)38-40-37(29-12-5-2-6-13-29)41-39(42-38)31-24-20-28(21-25-31)32-15-9-16-34-33-14-7-8-17-35(33)43-36(32)34/h1-25H. The molecule has 0 aliphatic heterocycles. The summed E-state index contributed by atoms with van der Waals surface area (Å²) in [6.07, 6.45) is 0. The minimum absolute atomic E-state index is 0.629. The minimum Gasteiger partial charge on any atom is -0.455 e. The molecule has 0 spiro atoms. The summed E-state index contributed by atoms with van der Waals surface area (Å²) < 4.78 is 6.29. The van der Waals surface area contributed by atoms with Crippen LogP contribution in [0, 0.1) is 0 Å². The minimum atomic E-state index is 0.629. The highest BCUT2D eigenvalue weighted by molar-refractivity contribution is 6.09. The van der Waals surface area contributed by atoms with Gasteiger partial charge in [-0.2, -0.15) is 0 Å². The van der Waals surface area contributed by atoms with Gasteiger partial charge in [-0.05, 0) is 22.8 Å². The van der Waals surface area contributed by atoms with E-state index in [1.54, 1.807) is 0 Å². The summed E-state index contributed by atoms with van der Waals surface area (Å²) in [7, 11) is 0. The molecule has 0 aliphatic carbocycles. The van der Waals surface area contributed by atoms with E-state index in [0.717, 1.165) is 55.3 Å². The quantitative estimate of drug-likeness (QED) is 0.214. The first-order valence-electron chi connectivity index (χ1n) is 14.3. The van der Waals surface area contributed by atoms with Crippen LogP contribution in [-0.4, -0.2) is 15.0 Å². The van der Waals surface area contributed by atoms with Crippen LogP contribution in [0.2, 0.25) is 0 Å². The third-order valence-electron chi connectivity index (χ3n) is 7.78. The molecule has 2 heterocycles. The number of para-hydroxylation sites is 2. The zero-order valence-corrected chi connectivity index (χ0v) is 23.2. The number of rotatable bonds is 5. The Kier molecular flexibility index (Phi) is 6.08. The van der Waals surface area contributed by atoms with Crippen molar-refractivity contribution in [1.29, 1.82) is 0 Å². The second-order valence-corrected chi connectivity index (χ2v) is 10.5. The molecule has 0 bridgehead atoms. The lowest BCUT2D eigenvalue weighted by Crippen LogP contribution is -2.00. The Morgan fingerprint density at radius 2 is 0.767 bits per heavy atom. The highest BCUT2D eigenvalue weighted by Crippen LogP contribution is 2.36. The lowest BCUT2D eigenvalue weighted by molar-refractivity contribution is 0.670. The molecule has 43 heavy (non-hydrogen) atoms. The number of furan rings is 1. The van der Waals surface area contributed by atoms with E-state index in [1.807, 2.05) is 54.6 Å². The highest BCUT2D eigenvalue weighted by atomic mass is 16.3. The van der Waals surface area contributed by atoms with Crippen molar-refractivity contribution in [2.24, 2.45) is 0 Å². The van der Waals surface area contributed by atoms with Gasteiger partial charge in [0.2, 0.25) is 0 Å². The second-order valence-electron chi connectivity index (χ2n) is 10.5. The molecule has 202 valence electrons. The van der Waals surface area contributed by atoms with Gasteiger partial charge in [-0.15, -0.1) is 0 Å². The molecule has 0 unspecified atom stereocenters. The fourth-order valence-corrected chi connectivity index (χ4v) is 5.57. The van der Waals surface area contributed by atoms with Crippen LogP contribution in [0.4, 0.5) is 0 Å². The van der Waals surface area contributed by atoms with E-state index in [2.05, 4.69) is 97.1 Å². The van der Waals surface area contributed by atoms with Gasteiger partial charge in [0.1, 0.15) is 11.2 Å². The van der Waals surface area contributed by atoms with Crippen LogP contribution in [0.5, 0.6) is 0 Å². The zero-order chi connectivity index (χ0) is 28.6. The van der Waals surface area contributed by atoms with Crippen LogP contribution in [-0.2, 0) is 0 Å². The maximum Gasteiger partial charge on any atom is 0.164 e. The van der Waals surface area contributed by atoms with Crippen molar-refractivity contribution in [2.45, 2.75) is 0 Å². The summed E-state index contributed by atoms with van der Waals surface area (Å²) in [6, 6.07) is 51.6. The molecular formula is C39H25N3O. The molecule has 4 nitrogen and oxygen atoms in total.